The lowest BCUT2D eigenvalue weighted by molar-refractivity contribution is -0.143. The molecule has 0 aliphatic heterocycles. The number of fused-ring (bicyclic) bond motifs is 1. The van der Waals surface area contributed by atoms with Crippen molar-refractivity contribution >= 4 is 27.9 Å². The molecule has 0 saturated carbocycles. The Labute approximate surface area is 201 Å². The highest BCUT2D eigenvalue weighted by Gasteiger charge is 2.38. The van der Waals surface area contributed by atoms with Crippen LogP contribution in [0.2, 0.25) is 0 Å². The first-order valence-electron chi connectivity index (χ1n) is 9.91. The molecule has 0 saturated heterocycles. The third-order valence-electron chi connectivity index (χ3n) is 5.38. The molecular weight excluding hydrogens is 521 g/mol. The average molecular weight is 533 g/mol. The number of hydrogen-bond donors (Lipinski definition) is 0. The van der Waals surface area contributed by atoms with Crippen molar-refractivity contribution in [1.29, 1.82) is 0 Å². The summed E-state index contributed by atoms with van der Waals surface area (Å²) in [5, 5.41) is 1.10. The van der Waals surface area contributed by atoms with E-state index in [2.05, 4.69) is 9.83 Å². The van der Waals surface area contributed by atoms with Crippen molar-refractivity contribution in [3.05, 3.63) is 81.3 Å². The predicted molar refractivity (Wildman–Crippen MR) is 115 cm³/mol. The van der Waals surface area contributed by atoms with Gasteiger partial charge in [-0.3, -0.25) is 0 Å². The maximum Gasteiger partial charge on any atom is 0.416 e. The van der Waals surface area contributed by atoms with Gasteiger partial charge in [0, 0.05) is 27.5 Å². The number of nitrogens with zero attached hydrogens (tertiary/aromatic N) is 3. The van der Waals surface area contributed by atoms with Crippen molar-refractivity contribution < 1.29 is 39.5 Å². The van der Waals surface area contributed by atoms with Crippen LogP contribution in [-0.4, -0.2) is 9.55 Å². The van der Waals surface area contributed by atoms with Gasteiger partial charge in [-0.25, -0.2) is 9.83 Å². The van der Waals surface area contributed by atoms with Gasteiger partial charge in [0.1, 0.15) is 5.01 Å². The lowest BCUT2D eigenvalue weighted by Gasteiger charge is -2.13. The molecule has 2 heterocycles. The molecule has 0 radical (unpaired) electrons. The second-order valence-electron chi connectivity index (χ2n) is 7.81. The monoisotopic (exact) mass is 533 g/mol. The Balaban J connectivity index is 1.77. The fraction of sp³-hybridized carbons (Fsp3) is 0.217. The van der Waals surface area contributed by atoms with Crippen LogP contribution >= 0.6 is 11.3 Å². The molecule has 0 aliphatic carbocycles. The first kappa shape index (κ1) is 25.6. The van der Waals surface area contributed by atoms with E-state index in [0.29, 0.717) is 17.8 Å². The van der Waals surface area contributed by atoms with E-state index in [1.165, 1.54) is 29.0 Å². The first-order chi connectivity index (χ1) is 16.6. The minimum atomic E-state index is -5.02. The molecule has 0 aliphatic rings. The van der Waals surface area contributed by atoms with Gasteiger partial charge in [-0.15, -0.1) is 11.3 Å². The minimum absolute atomic E-state index is 0.0168. The maximum absolute atomic E-state index is 13.6. The number of rotatable bonds is 3. The van der Waals surface area contributed by atoms with Crippen LogP contribution in [0.4, 0.5) is 45.2 Å². The average Bonchev–Trinajstić information content (AvgIpc) is 3.35. The summed E-state index contributed by atoms with van der Waals surface area (Å²) in [4.78, 5) is 7.09. The maximum atomic E-state index is 13.6. The van der Waals surface area contributed by atoms with Gasteiger partial charge in [-0.2, -0.15) is 39.5 Å². The number of hydrogen-bond acceptors (Lipinski definition) is 2. The lowest BCUT2D eigenvalue weighted by Crippen LogP contribution is -2.11. The van der Waals surface area contributed by atoms with E-state index in [1.807, 2.05) is 0 Å². The number of aryl methyl sites for hydroxylation is 1. The number of aromatic nitrogens is 2. The Hall–Kier alpha value is -3.53. The van der Waals surface area contributed by atoms with Crippen LogP contribution in [0, 0.1) is 13.5 Å². The van der Waals surface area contributed by atoms with Gasteiger partial charge in [0.05, 0.1) is 35.5 Å². The van der Waals surface area contributed by atoms with E-state index in [4.69, 9.17) is 6.57 Å². The fourth-order valence-corrected chi connectivity index (χ4v) is 4.61. The highest BCUT2D eigenvalue weighted by molar-refractivity contribution is 7.13. The van der Waals surface area contributed by atoms with Gasteiger partial charge in [0.15, 0.2) is 5.69 Å². The van der Waals surface area contributed by atoms with Crippen molar-refractivity contribution in [1.82, 2.24) is 9.55 Å². The molecule has 2 aromatic heterocycles. The molecular formula is C23H12F9N3S. The van der Waals surface area contributed by atoms with Gasteiger partial charge >= 0.3 is 18.5 Å². The zero-order valence-electron chi connectivity index (χ0n) is 17.9. The minimum Gasteiger partial charge on any atom is -0.339 e. The Kier molecular flexibility index (Phi) is 6.07. The summed E-state index contributed by atoms with van der Waals surface area (Å²) in [6.45, 7) is 8.48. The van der Waals surface area contributed by atoms with Crippen LogP contribution < -0.4 is 0 Å². The van der Waals surface area contributed by atoms with E-state index >= 15 is 0 Å². The van der Waals surface area contributed by atoms with Crippen molar-refractivity contribution in [3.8, 4) is 10.6 Å². The predicted octanol–water partition coefficient (Wildman–Crippen LogP) is 8.73. The number of halogens is 9. The molecule has 36 heavy (non-hydrogen) atoms. The second-order valence-corrected chi connectivity index (χ2v) is 8.67. The number of benzene rings is 2. The first-order valence-corrected chi connectivity index (χ1v) is 10.8. The third kappa shape index (κ3) is 4.77. The summed E-state index contributed by atoms with van der Waals surface area (Å²) in [6.07, 6.45) is -14.8. The van der Waals surface area contributed by atoms with Crippen LogP contribution in [0.5, 0.6) is 0 Å². The van der Waals surface area contributed by atoms with E-state index in [1.54, 1.807) is 0 Å². The highest BCUT2D eigenvalue weighted by Crippen LogP contribution is 2.43. The van der Waals surface area contributed by atoms with Crippen LogP contribution in [0.25, 0.3) is 26.3 Å². The summed E-state index contributed by atoms with van der Waals surface area (Å²) in [7, 11) is 0. The highest BCUT2D eigenvalue weighted by atomic mass is 32.1. The standard InChI is InChI=1S/C23H12F9N3S/c1-11-5-16-18(4-3-17(33-2)19(16)23(30,31)32)35(11)9-15-10-36-20(34-15)12-6-13(21(24,25)26)8-14(7-12)22(27,28)29/h3-8,10H,9H2,1H3. The van der Waals surface area contributed by atoms with Gasteiger partial charge in [-0.05, 0) is 37.3 Å². The molecule has 0 N–H and O–H groups in total. The number of alkyl halides is 9. The Morgan fingerprint density at radius 3 is 2.03 bits per heavy atom. The molecule has 0 atom stereocenters. The van der Waals surface area contributed by atoms with Crippen LogP contribution in [0.3, 0.4) is 0 Å². The Bertz CT molecular complexity index is 1470. The topological polar surface area (TPSA) is 22.2 Å². The Morgan fingerprint density at radius 1 is 0.889 bits per heavy atom. The zero-order chi connectivity index (χ0) is 26.6. The summed E-state index contributed by atoms with van der Waals surface area (Å²) >= 11 is 0.809. The van der Waals surface area contributed by atoms with Crippen LogP contribution in [0.1, 0.15) is 28.1 Å². The molecule has 3 nitrogen and oxygen atoms in total. The summed E-state index contributed by atoms with van der Waals surface area (Å²) in [5.74, 6) is 0. The molecule has 188 valence electrons. The molecule has 0 unspecified atom stereocenters. The molecule has 13 heteroatoms. The summed E-state index contributed by atoms with van der Waals surface area (Å²) in [5.41, 5.74) is -4.22. The largest absolute Gasteiger partial charge is 0.416 e. The summed E-state index contributed by atoms with van der Waals surface area (Å²) in [6, 6.07) is 4.80. The van der Waals surface area contributed by atoms with Crippen LogP contribution in [0.15, 0.2) is 41.8 Å². The lowest BCUT2D eigenvalue weighted by atomic mass is 10.1. The van der Waals surface area contributed by atoms with Crippen LogP contribution in [-0.2, 0) is 25.1 Å². The molecule has 0 bridgehead atoms. The molecule has 0 fully saturated rings. The summed E-state index contributed by atoms with van der Waals surface area (Å²) < 4.78 is 121. The van der Waals surface area contributed by atoms with Gasteiger partial charge < -0.3 is 4.57 Å². The normalized spacial score (nSPS) is 12.8. The quantitative estimate of drug-likeness (QED) is 0.191. The van der Waals surface area contributed by atoms with E-state index in [9.17, 15) is 39.5 Å². The molecule has 0 spiro atoms. The van der Waals surface area contributed by atoms with Gasteiger partial charge in [0.25, 0.3) is 0 Å². The van der Waals surface area contributed by atoms with Crippen molar-refractivity contribution in [2.45, 2.75) is 32.0 Å². The molecule has 2 aromatic carbocycles. The molecule has 4 rings (SSSR count). The van der Waals surface area contributed by atoms with Gasteiger partial charge in [0.2, 0.25) is 0 Å². The Morgan fingerprint density at radius 2 is 1.50 bits per heavy atom. The number of thiazole rings is 1. The van der Waals surface area contributed by atoms with Crippen molar-refractivity contribution in [2.24, 2.45) is 0 Å². The van der Waals surface area contributed by atoms with Crippen molar-refractivity contribution in [2.75, 3.05) is 0 Å². The van der Waals surface area contributed by atoms with E-state index in [0.717, 1.165) is 17.4 Å². The van der Waals surface area contributed by atoms with Crippen molar-refractivity contribution in [3.63, 3.8) is 0 Å². The van der Waals surface area contributed by atoms with E-state index < -0.39 is 40.9 Å². The smallest absolute Gasteiger partial charge is 0.339 e. The zero-order valence-corrected chi connectivity index (χ0v) is 18.7. The van der Waals surface area contributed by atoms with E-state index in [-0.39, 0.29) is 39.8 Å². The molecule has 0 amide bonds. The van der Waals surface area contributed by atoms with Gasteiger partial charge in [-0.1, -0.05) is 6.07 Å². The third-order valence-corrected chi connectivity index (χ3v) is 6.32. The molecule has 4 aromatic rings. The second kappa shape index (κ2) is 8.55. The fourth-order valence-electron chi connectivity index (χ4n) is 3.81. The SMILES string of the molecule is [C-]#[N+]c1ccc2c(cc(C)n2Cc2csc(-c3cc(C(F)(F)F)cc(C(F)(F)F)c3)n2)c1C(F)(F)F.